The Bertz CT molecular complexity index is 616. The molecule has 2 atom stereocenters. The van der Waals surface area contributed by atoms with Crippen LogP contribution in [0.2, 0.25) is 0 Å². The van der Waals surface area contributed by atoms with Gasteiger partial charge in [-0.3, -0.25) is 9.59 Å². The SMILES string of the molecule is CC1(N)CCCCC1C(=O)Nc1ccc2c(c1)CCC(=O)N2.Cl. The first kappa shape index (κ1) is 17.8. The van der Waals surface area contributed by atoms with E-state index >= 15 is 0 Å². The largest absolute Gasteiger partial charge is 0.326 e. The maximum atomic E-state index is 12.5. The van der Waals surface area contributed by atoms with Crippen LogP contribution in [0.5, 0.6) is 0 Å². The predicted molar refractivity (Wildman–Crippen MR) is 93.8 cm³/mol. The molecule has 23 heavy (non-hydrogen) atoms. The summed E-state index contributed by atoms with van der Waals surface area (Å²) in [4.78, 5) is 23.9. The zero-order chi connectivity index (χ0) is 15.7. The highest BCUT2D eigenvalue weighted by atomic mass is 35.5. The molecule has 1 aliphatic carbocycles. The molecule has 4 N–H and O–H groups in total. The number of hydrogen-bond donors (Lipinski definition) is 3. The molecule has 0 bridgehead atoms. The topological polar surface area (TPSA) is 84.2 Å². The molecule has 1 fully saturated rings. The Balaban J connectivity index is 0.00000192. The lowest BCUT2D eigenvalue weighted by Crippen LogP contribution is -2.51. The van der Waals surface area contributed by atoms with Crippen molar-refractivity contribution in [2.45, 2.75) is 51.0 Å². The molecule has 1 aliphatic heterocycles. The van der Waals surface area contributed by atoms with Crippen LogP contribution >= 0.6 is 12.4 Å². The van der Waals surface area contributed by atoms with Crippen molar-refractivity contribution < 1.29 is 9.59 Å². The predicted octanol–water partition coefficient (Wildman–Crippen LogP) is 2.84. The fourth-order valence-electron chi connectivity index (χ4n) is 3.48. The van der Waals surface area contributed by atoms with Gasteiger partial charge in [0.05, 0.1) is 5.92 Å². The smallest absolute Gasteiger partial charge is 0.229 e. The summed E-state index contributed by atoms with van der Waals surface area (Å²) in [6, 6.07) is 5.63. The number of carbonyl (C=O) groups is 2. The van der Waals surface area contributed by atoms with Crippen molar-refractivity contribution in [3.63, 3.8) is 0 Å². The summed E-state index contributed by atoms with van der Waals surface area (Å²) in [6.45, 7) is 1.97. The van der Waals surface area contributed by atoms with Crippen LogP contribution in [-0.4, -0.2) is 17.4 Å². The average molecular weight is 338 g/mol. The zero-order valence-electron chi connectivity index (χ0n) is 13.4. The van der Waals surface area contributed by atoms with Crippen molar-refractivity contribution >= 4 is 35.6 Å². The summed E-state index contributed by atoms with van der Waals surface area (Å²) in [5.41, 5.74) is 8.56. The molecule has 6 heteroatoms. The van der Waals surface area contributed by atoms with Gasteiger partial charge in [0, 0.05) is 23.3 Å². The normalized spacial score (nSPS) is 26.5. The lowest BCUT2D eigenvalue weighted by molar-refractivity contribution is -0.122. The van der Waals surface area contributed by atoms with Crippen molar-refractivity contribution in [1.29, 1.82) is 0 Å². The van der Waals surface area contributed by atoms with Crippen molar-refractivity contribution in [3.05, 3.63) is 23.8 Å². The molecule has 0 aromatic heterocycles. The van der Waals surface area contributed by atoms with Gasteiger partial charge in [-0.25, -0.2) is 0 Å². The number of nitrogens with one attached hydrogen (secondary N) is 2. The molecule has 1 saturated carbocycles. The highest BCUT2D eigenvalue weighted by Crippen LogP contribution is 2.33. The second-order valence-electron chi connectivity index (χ2n) is 6.71. The average Bonchev–Trinajstić information content (AvgIpc) is 2.47. The van der Waals surface area contributed by atoms with Crippen LogP contribution in [-0.2, 0) is 16.0 Å². The van der Waals surface area contributed by atoms with E-state index in [1.54, 1.807) is 0 Å². The number of amides is 2. The molecular formula is C17H24ClN3O2. The molecule has 2 unspecified atom stereocenters. The summed E-state index contributed by atoms with van der Waals surface area (Å²) < 4.78 is 0. The van der Waals surface area contributed by atoms with Crippen LogP contribution in [0.3, 0.4) is 0 Å². The van der Waals surface area contributed by atoms with E-state index in [-0.39, 0.29) is 30.1 Å². The first-order chi connectivity index (χ1) is 10.5. The number of carbonyl (C=O) groups excluding carboxylic acids is 2. The van der Waals surface area contributed by atoms with Gasteiger partial charge in [0.25, 0.3) is 0 Å². The van der Waals surface area contributed by atoms with Gasteiger partial charge in [-0.15, -0.1) is 12.4 Å². The van der Waals surface area contributed by atoms with Gasteiger partial charge in [0.15, 0.2) is 0 Å². The van der Waals surface area contributed by atoms with E-state index in [1.807, 2.05) is 25.1 Å². The Morgan fingerprint density at radius 1 is 1.35 bits per heavy atom. The first-order valence-electron chi connectivity index (χ1n) is 7.98. The number of benzene rings is 1. The summed E-state index contributed by atoms with van der Waals surface area (Å²) in [7, 11) is 0. The molecule has 1 aromatic carbocycles. The number of halogens is 1. The fourth-order valence-corrected chi connectivity index (χ4v) is 3.48. The van der Waals surface area contributed by atoms with Crippen molar-refractivity contribution in [1.82, 2.24) is 0 Å². The minimum Gasteiger partial charge on any atom is -0.326 e. The third-order valence-corrected chi connectivity index (χ3v) is 4.84. The van der Waals surface area contributed by atoms with Crippen LogP contribution in [0, 0.1) is 5.92 Å². The van der Waals surface area contributed by atoms with Crippen molar-refractivity contribution in [2.75, 3.05) is 10.6 Å². The molecule has 3 rings (SSSR count). The molecule has 126 valence electrons. The Kier molecular flexibility index (Phi) is 5.32. The number of fused-ring (bicyclic) bond motifs is 1. The standard InChI is InChI=1S/C17H23N3O2.ClH/c1-17(18)9-3-2-4-13(17)16(22)19-12-6-7-14-11(10-12)5-8-15(21)20-14;/h6-7,10,13H,2-5,8-9,18H2,1H3,(H,19,22)(H,20,21);1H. The maximum Gasteiger partial charge on any atom is 0.229 e. The van der Waals surface area contributed by atoms with E-state index in [9.17, 15) is 9.59 Å². The number of rotatable bonds is 2. The number of nitrogens with two attached hydrogens (primary N) is 1. The molecule has 1 heterocycles. The van der Waals surface area contributed by atoms with E-state index in [2.05, 4.69) is 10.6 Å². The molecule has 1 aromatic rings. The van der Waals surface area contributed by atoms with Crippen molar-refractivity contribution in [3.8, 4) is 0 Å². The minimum absolute atomic E-state index is 0. The van der Waals surface area contributed by atoms with Gasteiger partial charge in [-0.05, 0) is 49.9 Å². The van der Waals surface area contributed by atoms with E-state index in [0.29, 0.717) is 12.8 Å². The molecule has 2 aliphatic rings. The first-order valence-corrected chi connectivity index (χ1v) is 7.98. The number of anilines is 2. The van der Waals surface area contributed by atoms with Crippen LogP contribution < -0.4 is 16.4 Å². The van der Waals surface area contributed by atoms with Gasteiger partial charge in [0.1, 0.15) is 0 Å². The Labute approximate surface area is 142 Å². The Hall–Kier alpha value is -1.59. The highest BCUT2D eigenvalue weighted by Gasteiger charge is 2.37. The van der Waals surface area contributed by atoms with E-state index in [4.69, 9.17) is 5.73 Å². The Morgan fingerprint density at radius 3 is 2.87 bits per heavy atom. The second kappa shape index (κ2) is 6.89. The Morgan fingerprint density at radius 2 is 2.13 bits per heavy atom. The molecule has 0 saturated heterocycles. The maximum absolute atomic E-state index is 12.5. The molecule has 5 nitrogen and oxygen atoms in total. The number of aryl methyl sites for hydroxylation is 1. The fraction of sp³-hybridized carbons (Fsp3) is 0.529. The van der Waals surface area contributed by atoms with Crippen LogP contribution in [0.1, 0.15) is 44.6 Å². The highest BCUT2D eigenvalue weighted by molar-refractivity contribution is 5.96. The molecule has 0 radical (unpaired) electrons. The van der Waals surface area contributed by atoms with Gasteiger partial charge in [0.2, 0.25) is 11.8 Å². The van der Waals surface area contributed by atoms with E-state index in [1.165, 1.54) is 0 Å². The third kappa shape index (κ3) is 3.85. The second-order valence-corrected chi connectivity index (χ2v) is 6.71. The zero-order valence-corrected chi connectivity index (χ0v) is 14.2. The summed E-state index contributed by atoms with van der Waals surface area (Å²) in [5, 5.41) is 5.84. The molecule has 2 amide bonds. The van der Waals surface area contributed by atoms with Crippen molar-refractivity contribution in [2.24, 2.45) is 11.7 Å². The van der Waals surface area contributed by atoms with Gasteiger partial charge in [-0.2, -0.15) is 0 Å². The summed E-state index contributed by atoms with van der Waals surface area (Å²) in [6.07, 6.45) is 5.09. The van der Waals surface area contributed by atoms with Crippen LogP contribution in [0.15, 0.2) is 18.2 Å². The van der Waals surface area contributed by atoms with E-state index < -0.39 is 5.54 Å². The molecule has 0 spiro atoms. The lowest BCUT2D eigenvalue weighted by atomic mass is 9.74. The van der Waals surface area contributed by atoms with Gasteiger partial charge in [-0.1, -0.05) is 12.8 Å². The summed E-state index contributed by atoms with van der Waals surface area (Å²) in [5.74, 6) is -0.0909. The van der Waals surface area contributed by atoms with Crippen LogP contribution in [0.4, 0.5) is 11.4 Å². The number of hydrogen-bond acceptors (Lipinski definition) is 3. The minimum atomic E-state index is -0.426. The molecular weight excluding hydrogens is 314 g/mol. The summed E-state index contributed by atoms with van der Waals surface area (Å²) >= 11 is 0. The third-order valence-electron chi connectivity index (χ3n) is 4.84. The monoisotopic (exact) mass is 337 g/mol. The van der Waals surface area contributed by atoms with E-state index in [0.717, 1.165) is 42.6 Å². The van der Waals surface area contributed by atoms with Gasteiger partial charge >= 0.3 is 0 Å². The quantitative estimate of drug-likeness (QED) is 0.775. The lowest BCUT2D eigenvalue weighted by Gasteiger charge is -2.37. The van der Waals surface area contributed by atoms with Crippen LogP contribution in [0.25, 0.3) is 0 Å². The van der Waals surface area contributed by atoms with Gasteiger partial charge < -0.3 is 16.4 Å².